The summed E-state index contributed by atoms with van der Waals surface area (Å²) < 4.78 is 11.4. The second kappa shape index (κ2) is 3.87. The van der Waals surface area contributed by atoms with Crippen LogP contribution in [-0.4, -0.2) is 39.4 Å². The maximum atomic E-state index is 5.82. The lowest BCUT2D eigenvalue weighted by Crippen LogP contribution is -2.50. The van der Waals surface area contributed by atoms with Gasteiger partial charge in [-0.15, -0.1) is 0 Å². The normalized spacial score (nSPS) is 19.7. The van der Waals surface area contributed by atoms with Crippen molar-refractivity contribution in [1.82, 2.24) is 5.32 Å². The average Bonchev–Trinajstić information content (AvgIpc) is 2.24. The molecule has 2 heterocycles. The molecule has 0 bridgehead atoms. The van der Waals surface area contributed by atoms with Crippen molar-refractivity contribution in [3.63, 3.8) is 0 Å². The van der Waals surface area contributed by atoms with Gasteiger partial charge in [-0.05, 0) is 12.1 Å². The molecule has 3 rings (SSSR count). The van der Waals surface area contributed by atoms with Crippen LogP contribution in [0.5, 0.6) is 11.5 Å². The van der Waals surface area contributed by atoms with Crippen molar-refractivity contribution in [2.75, 3.05) is 38.2 Å². The van der Waals surface area contributed by atoms with Crippen LogP contribution in [0.2, 0.25) is 0 Å². The molecule has 0 aromatic heterocycles. The van der Waals surface area contributed by atoms with Gasteiger partial charge in [0.05, 0.1) is 12.2 Å². The van der Waals surface area contributed by atoms with E-state index in [9.17, 15) is 0 Å². The molecule has 1 aromatic rings. The molecule has 1 saturated heterocycles. The highest BCUT2D eigenvalue weighted by atomic mass is 16.5. The molecule has 1 fully saturated rings. The number of rotatable bonds is 2. The zero-order valence-corrected chi connectivity index (χ0v) is 9.40. The number of nitrogens with zero attached hydrogens (tertiary/aromatic N) is 1. The fourth-order valence-electron chi connectivity index (χ4n) is 1.94. The Balaban J connectivity index is 1.82. The Hall–Kier alpha value is -1.42. The Morgan fingerprint density at radius 3 is 3.06 bits per heavy atom. The molecule has 2 aliphatic rings. The van der Waals surface area contributed by atoms with Crippen molar-refractivity contribution < 1.29 is 9.47 Å². The SMILES string of the molecule is CN1CCOc2ccc(OC3CNC3)cc21. The summed E-state index contributed by atoms with van der Waals surface area (Å²) in [7, 11) is 2.08. The number of ether oxygens (including phenoxy) is 2. The molecule has 4 nitrogen and oxygen atoms in total. The van der Waals surface area contributed by atoms with Gasteiger partial charge >= 0.3 is 0 Å². The molecule has 1 aromatic carbocycles. The third kappa shape index (κ3) is 1.69. The van der Waals surface area contributed by atoms with Crippen molar-refractivity contribution in [3.8, 4) is 11.5 Å². The Morgan fingerprint density at radius 1 is 1.44 bits per heavy atom. The van der Waals surface area contributed by atoms with E-state index in [2.05, 4.69) is 23.3 Å². The minimum Gasteiger partial charge on any atom is -0.490 e. The maximum absolute atomic E-state index is 5.82. The third-order valence-corrected chi connectivity index (χ3v) is 3.07. The summed E-state index contributed by atoms with van der Waals surface area (Å²) in [4.78, 5) is 2.20. The lowest BCUT2D eigenvalue weighted by Gasteiger charge is -2.30. The Morgan fingerprint density at radius 2 is 2.31 bits per heavy atom. The molecule has 0 saturated carbocycles. The molecule has 0 amide bonds. The summed E-state index contributed by atoms with van der Waals surface area (Å²) in [5.41, 5.74) is 1.12. The second-order valence-corrected chi connectivity index (χ2v) is 4.30. The van der Waals surface area contributed by atoms with Gasteiger partial charge in [-0.25, -0.2) is 0 Å². The third-order valence-electron chi connectivity index (χ3n) is 3.07. The van der Waals surface area contributed by atoms with Crippen LogP contribution in [-0.2, 0) is 0 Å². The summed E-state index contributed by atoms with van der Waals surface area (Å²) >= 11 is 0. The Kier molecular flexibility index (Phi) is 2.36. The van der Waals surface area contributed by atoms with Crippen molar-refractivity contribution in [2.45, 2.75) is 6.10 Å². The van der Waals surface area contributed by atoms with E-state index >= 15 is 0 Å². The first-order chi connectivity index (χ1) is 7.83. The van der Waals surface area contributed by atoms with E-state index in [1.54, 1.807) is 0 Å². The Labute approximate surface area is 95.1 Å². The van der Waals surface area contributed by atoms with Crippen LogP contribution in [0.15, 0.2) is 18.2 Å². The highest BCUT2D eigenvalue weighted by Crippen LogP contribution is 2.34. The zero-order valence-electron chi connectivity index (χ0n) is 9.40. The van der Waals surface area contributed by atoms with Crippen molar-refractivity contribution in [1.29, 1.82) is 0 Å². The average molecular weight is 220 g/mol. The summed E-state index contributed by atoms with van der Waals surface area (Å²) in [5, 5.41) is 3.19. The minimum absolute atomic E-state index is 0.327. The predicted molar refractivity (Wildman–Crippen MR) is 62.5 cm³/mol. The first-order valence-corrected chi connectivity index (χ1v) is 5.68. The van der Waals surface area contributed by atoms with Gasteiger partial charge in [0.25, 0.3) is 0 Å². The smallest absolute Gasteiger partial charge is 0.142 e. The van der Waals surface area contributed by atoms with Crippen LogP contribution < -0.4 is 19.7 Å². The predicted octanol–water partition coefficient (Wildman–Crippen LogP) is 0.866. The highest BCUT2D eigenvalue weighted by molar-refractivity contribution is 5.62. The molecule has 2 aliphatic heterocycles. The summed E-state index contributed by atoms with van der Waals surface area (Å²) in [6, 6.07) is 6.04. The quantitative estimate of drug-likeness (QED) is 0.801. The molecule has 0 spiro atoms. The van der Waals surface area contributed by atoms with E-state index in [0.29, 0.717) is 6.10 Å². The number of nitrogens with one attached hydrogen (secondary N) is 1. The molecule has 1 N–H and O–H groups in total. The molecule has 0 unspecified atom stereocenters. The lowest BCUT2D eigenvalue weighted by molar-refractivity contribution is 0.142. The van der Waals surface area contributed by atoms with Crippen LogP contribution in [0.1, 0.15) is 0 Å². The van der Waals surface area contributed by atoms with Gasteiger partial charge in [0, 0.05) is 26.2 Å². The van der Waals surface area contributed by atoms with E-state index in [0.717, 1.165) is 43.4 Å². The molecule has 0 aliphatic carbocycles. The fourth-order valence-corrected chi connectivity index (χ4v) is 1.94. The zero-order chi connectivity index (χ0) is 11.0. The molecule has 4 heteroatoms. The summed E-state index contributed by atoms with van der Waals surface area (Å²) in [6.45, 7) is 3.59. The van der Waals surface area contributed by atoms with Crippen molar-refractivity contribution in [2.24, 2.45) is 0 Å². The van der Waals surface area contributed by atoms with Crippen LogP contribution in [0.3, 0.4) is 0 Å². The number of hydrogen-bond donors (Lipinski definition) is 1. The van der Waals surface area contributed by atoms with Crippen molar-refractivity contribution >= 4 is 5.69 Å². The van der Waals surface area contributed by atoms with Gasteiger partial charge in [-0.2, -0.15) is 0 Å². The lowest BCUT2D eigenvalue weighted by atomic mass is 10.2. The molecular weight excluding hydrogens is 204 g/mol. The number of hydrogen-bond acceptors (Lipinski definition) is 4. The van der Waals surface area contributed by atoms with Gasteiger partial charge in [0.15, 0.2) is 0 Å². The first-order valence-electron chi connectivity index (χ1n) is 5.68. The molecule has 16 heavy (non-hydrogen) atoms. The number of benzene rings is 1. The van der Waals surface area contributed by atoms with Gasteiger partial charge in [-0.1, -0.05) is 0 Å². The van der Waals surface area contributed by atoms with E-state index in [4.69, 9.17) is 9.47 Å². The summed E-state index contributed by atoms with van der Waals surface area (Å²) in [6.07, 6.45) is 0.327. The maximum Gasteiger partial charge on any atom is 0.142 e. The van der Waals surface area contributed by atoms with Gasteiger partial charge < -0.3 is 19.7 Å². The minimum atomic E-state index is 0.327. The molecule has 0 atom stereocenters. The van der Waals surface area contributed by atoms with Crippen LogP contribution in [0.25, 0.3) is 0 Å². The van der Waals surface area contributed by atoms with Crippen LogP contribution in [0, 0.1) is 0 Å². The van der Waals surface area contributed by atoms with E-state index in [1.165, 1.54) is 0 Å². The summed E-state index contributed by atoms with van der Waals surface area (Å²) in [5.74, 6) is 1.88. The largest absolute Gasteiger partial charge is 0.490 e. The van der Waals surface area contributed by atoms with E-state index in [1.807, 2.05) is 12.1 Å². The number of likely N-dealkylation sites (N-methyl/N-ethyl adjacent to an activating group) is 1. The highest BCUT2D eigenvalue weighted by Gasteiger charge is 2.20. The standard InChI is InChI=1S/C12H16N2O2/c1-14-4-5-15-12-3-2-9(6-11(12)14)16-10-7-13-8-10/h2-3,6,10,13H,4-5,7-8H2,1H3. The topological polar surface area (TPSA) is 33.7 Å². The monoisotopic (exact) mass is 220 g/mol. The van der Waals surface area contributed by atoms with Crippen molar-refractivity contribution in [3.05, 3.63) is 18.2 Å². The van der Waals surface area contributed by atoms with Gasteiger partial charge in [-0.3, -0.25) is 0 Å². The molecule has 0 radical (unpaired) electrons. The molecular formula is C12H16N2O2. The van der Waals surface area contributed by atoms with Gasteiger partial charge in [0.2, 0.25) is 0 Å². The molecule has 86 valence electrons. The first kappa shape index (κ1) is 9.78. The number of anilines is 1. The van der Waals surface area contributed by atoms with Gasteiger partial charge in [0.1, 0.15) is 24.2 Å². The van der Waals surface area contributed by atoms with Crippen LogP contribution >= 0.6 is 0 Å². The fraction of sp³-hybridized carbons (Fsp3) is 0.500. The second-order valence-electron chi connectivity index (χ2n) is 4.30. The number of fused-ring (bicyclic) bond motifs is 1. The van der Waals surface area contributed by atoms with Crippen LogP contribution in [0.4, 0.5) is 5.69 Å². The van der Waals surface area contributed by atoms with E-state index < -0.39 is 0 Å². The van der Waals surface area contributed by atoms with E-state index in [-0.39, 0.29) is 0 Å². The Bertz CT molecular complexity index is 391.